The van der Waals surface area contributed by atoms with Crippen LogP contribution in [0.5, 0.6) is 0 Å². The number of hydrogen-bond acceptors (Lipinski definition) is 4. The van der Waals surface area contributed by atoms with Gasteiger partial charge in [-0.05, 0) is 37.0 Å². The summed E-state index contributed by atoms with van der Waals surface area (Å²) in [6, 6.07) is 8.46. The lowest BCUT2D eigenvalue weighted by atomic mass is 9.95. The zero-order valence-corrected chi connectivity index (χ0v) is 13.4. The molecular weight excluding hydrogens is 288 g/mol. The first-order valence-corrected chi connectivity index (χ1v) is 8.47. The average Bonchev–Trinajstić information content (AvgIpc) is 2.35. The molecule has 5 nitrogen and oxygen atoms in total. The predicted molar refractivity (Wildman–Crippen MR) is 81.9 cm³/mol. The van der Waals surface area contributed by atoms with Crippen LogP contribution in [0.25, 0.3) is 0 Å². The smallest absolute Gasteiger partial charge is 0.215 e. The number of nitriles is 1. The van der Waals surface area contributed by atoms with Crippen molar-refractivity contribution in [3.05, 3.63) is 35.4 Å². The van der Waals surface area contributed by atoms with Crippen LogP contribution in [0.3, 0.4) is 0 Å². The molecule has 0 amide bonds. The van der Waals surface area contributed by atoms with Crippen molar-refractivity contribution in [3.8, 4) is 6.07 Å². The van der Waals surface area contributed by atoms with Gasteiger partial charge in [-0.2, -0.15) is 5.26 Å². The molecule has 2 N–H and O–H groups in total. The molecule has 0 heterocycles. The van der Waals surface area contributed by atoms with Gasteiger partial charge in [0.15, 0.2) is 0 Å². The first kappa shape index (κ1) is 17.6. The normalized spacial score (nSPS) is 14.7. The van der Waals surface area contributed by atoms with Crippen LogP contribution in [0.2, 0.25) is 0 Å². The molecule has 21 heavy (non-hydrogen) atoms. The highest BCUT2D eigenvalue weighted by Gasteiger charge is 2.24. The summed E-state index contributed by atoms with van der Waals surface area (Å²) in [7, 11) is -3.55. The highest BCUT2D eigenvalue weighted by molar-refractivity contribution is 7.88. The Morgan fingerprint density at radius 3 is 2.67 bits per heavy atom. The van der Waals surface area contributed by atoms with Gasteiger partial charge in [-0.25, -0.2) is 13.1 Å². The van der Waals surface area contributed by atoms with Crippen molar-refractivity contribution in [2.75, 3.05) is 6.54 Å². The molecule has 116 valence electrons. The first-order chi connectivity index (χ1) is 9.63. The summed E-state index contributed by atoms with van der Waals surface area (Å²) < 4.78 is 26.5. The van der Waals surface area contributed by atoms with Crippen LogP contribution >= 0.6 is 0 Å². The maximum atomic E-state index is 12.0. The van der Waals surface area contributed by atoms with Crippen LogP contribution < -0.4 is 4.72 Å². The van der Waals surface area contributed by atoms with E-state index < -0.39 is 15.6 Å². The van der Waals surface area contributed by atoms with Crippen molar-refractivity contribution in [3.63, 3.8) is 0 Å². The molecule has 1 rings (SSSR count). The molecule has 0 saturated carbocycles. The molecule has 0 aromatic heterocycles. The van der Waals surface area contributed by atoms with E-state index in [9.17, 15) is 13.5 Å². The largest absolute Gasteiger partial charge is 0.389 e. The molecule has 0 aliphatic carbocycles. The minimum Gasteiger partial charge on any atom is -0.389 e. The van der Waals surface area contributed by atoms with E-state index in [0.717, 1.165) is 0 Å². The molecule has 0 fully saturated rings. The van der Waals surface area contributed by atoms with Crippen LogP contribution in [0, 0.1) is 17.2 Å². The zero-order chi connectivity index (χ0) is 16.1. The maximum Gasteiger partial charge on any atom is 0.215 e. The van der Waals surface area contributed by atoms with E-state index in [1.165, 1.54) is 0 Å². The van der Waals surface area contributed by atoms with Gasteiger partial charge in [0, 0.05) is 6.54 Å². The average molecular weight is 310 g/mol. The molecule has 1 aromatic carbocycles. The predicted octanol–water partition coefficient (Wildman–Crippen LogP) is 1.77. The highest BCUT2D eigenvalue weighted by Crippen LogP contribution is 2.16. The summed E-state index contributed by atoms with van der Waals surface area (Å²) in [4.78, 5) is 0. The van der Waals surface area contributed by atoms with Gasteiger partial charge in [0.25, 0.3) is 0 Å². The molecule has 0 bridgehead atoms. The van der Waals surface area contributed by atoms with E-state index in [2.05, 4.69) is 4.72 Å². The molecule has 1 unspecified atom stereocenters. The fraction of sp³-hybridized carbons (Fsp3) is 0.533. The van der Waals surface area contributed by atoms with Crippen molar-refractivity contribution < 1.29 is 13.5 Å². The van der Waals surface area contributed by atoms with Crippen LogP contribution in [-0.2, 0) is 15.8 Å². The Balaban J connectivity index is 2.68. The fourth-order valence-electron chi connectivity index (χ4n) is 2.22. The fourth-order valence-corrected chi connectivity index (χ4v) is 3.47. The second-order valence-electron chi connectivity index (χ2n) is 5.99. The number of aliphatic hydroxyl groups is 1. The van der Waals surface area contributed by atoms with Crippen LogP contribution in [0.4, 0.5) is 0 Å². The maximum absolute atomic E-state index is 12.0. The van der Waals surface area contributed by atoms with Crippen LogP contribution in [0.15, 0.2) is 24.3 Å². The third kappa shape index (κ3) is 6.71. The minimum atomic E-state index is -3.55. The van der Waals surface area contributed by atoms with Gasteiger partial charge in [-0.1, -0.05) is 26.0 Å². The van der Waals surface area contributed by atoms with Gasteiger partial charge >= 0.3 is 0 Å². The summed E-state index contributed by atoms with van der Waals surface area (Å²) in [6.45, 7) is 5.53. The van der Waals surface area contributed by atoms with E-state index in [0.29, 0.717) is 17.5 Å². The van der Waals surface area contributed by atoms with Crippen molar-refractivity contribution in [2.45, 2.75) is 38.5 Å². The van der Waals surface area contributed by atoms with E-state index >= 15 is 0 Å². The third-order valence-corrected chi connectivity index (χ3v) is 4.23. The van der Waals surface area contributed by atoms with Crippen molar-refractivity contribution in [1.82, 2.24) is 4.72 Å². The lowest BCUT2D eigenvalue weighted by molar-refractivity contribution is 0.0436. The summed E-state index contributed by atoms with van der Waals surface area (Å²) in [5, 5.41) is 18.9. The van der Waals surface area contributed by atoms with Gasteiger partial charge in [-0.15, -0.1) is 0 Å². The Kier molecular flexibility index (Phi) is 5.90. The second-order valence-corrected chi connectivity index (χ2v) is 7.79. The topological polar surface area (TPSA) is 90.2 Å². The number of sulfonamides is 1. The van der Waals surface area contributed by atoms with E-state index in [-0.39, 0.29) is 18.2 Å². The van der Waals surface area contributed by atoms with Crippen LogP contribution in [0.1, 0.15) is 38.3 Å². The molecule has 0 aliphatic heterocycles. The number of benzene rings is 1. The van der Waals surface area contributed by atoms with Crippen molar-refractivity contribution >= 4 is 10.0 Å². The summed E-state index contributed by atoms with van der Waals surface area (Å²) in [5.74, 6) is 0.0668. The highest BCUT2D eigenvalue weighted by atomic mass is 32.2. The van der Waals surface area contributed by atoms with Gasteiger partial charge in [-0.3, -0.25) is 0 Å². The van der Waals surface area contributed by atoms with Gasteiger partial charge in [0.05, 0.1) is 23.0 Å². The molecule has 0 saturated heterocycles. The summed E-state index contributed by atoms with van der Waals surface area (Å²) in [5.41, 5.74) is -0.102. The molecule has 1 aromatic rings. The summed E-state index contributed by atoms with van der Waals surface area (Å²) in [6.07, 6.45) is 0.513. The van der Waals surface area contributed by atoms with Crippen LogP contribution in [-0.4, -0.2) is 25.7 Å². The van der Waals surface area contributed by atoms with E-state index in [1.807, 2.05) is 19.9 Å². The molecule has 6 heteroatoms. The van der Waals surface area contributed by atoms with Crippen molar-refractivity contribution in [2.24, 2.45) is 5.92 Å². The summed E-state index contributed by atoms with van der Waals surface area (Å²) >= 11 is 0. The Morgan fingerprint density at radius 2 is 2.10 bits per heavy atom. The molecule has 1 atom stereocenters. The first-order valence-electron chi connectivity index (χ1n) is 6.82. The third-order valence-electron chi connectivity index (χ3n) is 2.93. The number of nitrogens with zero attached hydrogens (tertiary/aromatic N) is 1. The Bertz CT molecular complexity index is 616. The van der Waals surface area contributed by atoms with E-state index in [1.54, 1.807) is 31.2 Å². The number of hydrogen-bond donors (Lipinski definition) is 2. The SMILES string of the molecule is CC(C)CC(C)(O)CNS(=O)(=O)Cc1cccc(C#N)c1. The number of rotatable bonds is 7. The molecular formula is C15H22N2O3S. The van der Waals surface area contributed by atoms with Gasteiger partial charge in [0.1, 0.15) is 0 Å². The van der Waals surface area contributed by atoms with Crippen molar-refractivity contribution in [1.29, 1.82) is 5.26 Å². The van der Waals surface area contributed by atoms with E-state index in [4.69, 9.17) is 5.26 Å². The zero-order valence-electron chi connectivity index (χ0n) is 12.6. The quantitative estimate of drug-likeness (QED) is 0.803. The van der Waals surface area contributed by atoms with Gasteiger partial charge < -0.3 is 5.11 Å². The second kappa shape index (κ2) is 7.03. The molecule has 0 radical (unpaired) electrons. The lowest BCUT2D eigenvalue weighted by Crippen LogP contribution is -2.41. The lowest BCUT2D eigenvalue weighted by Gasteiger charge is -2.25. The Hall–Kier alpha value is -1.42. The number of nitrogens with one attached hydrogen (secondary N) is 1. The monoisotopic (exact) mass is 310 g/mol. The Labute approximate surface area is 126 Å². The minimum absolute atomic E-state index is 0.0224. The van der Waals surface area contributed by atoms with Gasteiger partial charge in [0.2, 0.25) is 10.0 Å². The molecule has 0 aliphatic rings. The molecule has 0 spiro atoms. The standard InChI is InChI=1S/C15H22N2O3S/c1-12(2)8-15(3,18)11-17-21(19,20)10-14-6-4-5-13(7-14)9-16/h4-7,12,17-18H,8,10-11H2,1-3H3. The Morgan fingerprint density at radius 1 is 1.43 bits per heavy atom.